The lowest BCUT2D eigenvalue weighted by atomic mass is 10.1. The van der Waals surface area contributed by atoms with E-state index in [1.54, 1.807) is 11.3 Å². The van der Waals surface area contributed by atoms with Gasteiger partial charge in [0.1, 0.15) is 0 Å². The maximum Gasteiger partial charge on any atom is 0.226 e. The molecule has 0 unspecified atom stereocenters. The average Bonchev–Trinajstić information content (AvgIpc) is 2.45. The van der Waals surface area contributed by atoms with E-state index in [2.05, 4.69) is 10.3 Å². The van der Waals surface area contributed by atoms with Gasteiger partial charge in [-0.15, -0.1) is 0 Å². The van der Waals surface area contributed by atoms with Gasteiger partial charge in [0, 0.05) is 6.04 Å². The van der Waals surface area contributed by atoms with E-state index >= 15 is 0 Å². The first-order valence-corrected chi connectivity index (χ1v) is 6.50. The first-order chi connectivity index (χ1) is 7.25. The van der Waals surface area contributed by atoms with Gasteiger partial charge >= 0.3 is 0 Å². The summed E-state index contributed by atoms with van der Waals surface area (Å²) < 4.78 is 0. The average molecular weight is 226 g/mol. The van der Waals surface area contributed by atoms with Crippen molar-refractivity contribution in [2.75, 3.05) is 5.32 Å². The van der Waals surface area contributed by atoms with E-state index in [1.165, 1.54) is 38.5 Å². The van der Waals surface area contributed by atoms with Crippen LogP contribution in [0.3, 0.4) is 0 Å². The van der Waals surface area contributed by atoms with Crippen molar-refractivity contribution in [3.8, 4) is 5.88 Å². The fourth-order valence-electron chi connectivity index (χ4n) is 2.05. The molecule has 4 heteroatoms. The number of thiazole rings is 1. The number of hydrogen-bond donors (Lipinski definition) is 2. The van der Waals surface area contributed by atoms with Crippen LogP contribution in [0.5, 0.6) is 5.88 Å². The summed E-state index contributed by atoms with van der Waals surface area (Å²) in [6, 6.07) is 0.553. The molecule has 0 aromatic carbocycles. The van der Waals surface area contributed by atoms with Crippen LogP contribution in [-0.4, -0.2) is 16.1 Å². The van der Waals surface area contributed by atoms with Gasteiger partial charge in [-0.2, -0.15) is 4.98 Å². The fraction of sp³-hybridized carbons (Fsp3) is 0.727. The van der Waals surface area contributed by atoms with Gasteiger partial charge in [0.2, 0.25) is 5.88 Å². The predicted octanol–water partition coefficient (Wildman–Crippen LogP) is 3.29. The SMILES string of the molecule is Cc1sc(NC2CCCCCC2)nc1O. The number of aromatic hydroxyl groups is 1. The molecule has 1 fully saturated rings. The van der Waals surface area contributed by atoms with Crippen LogP contribution < -0.4 is 5.32 Å². The molecule has 1 aromatic heterocycles. The molecule has 1 saturated carbocycles. The topological polar surface area (TPSA) is 45.2 Å². The Hall–Kier alpha value is -0.770. The second kappa shape index (κ2) is 4.84. The molecular formula is C11H18N2OS. The Bertz CT molecular complexity index is 297. The zero-order chi connectivity index (χ0) is 10.7. The van der Waals surface area contributed by atoms with Crippen LogP contribution in [-0.2, 0) is 0 Å². The van der Waals surface area contributed by atoms with Crippen LogP contribution in [0.25, 0.3) is 0 Å². The highest BCUT2D eigenvalue weighted by atomic mass is 32.1. The first-order valence-electron chi connectivity index (χ1n) is 5.68. The number of nitrogens with one attached hydrogen (secondary N) is 1. The largest absolute Gasteiger partial charge is 0.492 e. The lowest BCUT2D eigenvalue weighted by molar-refractivity contribution is 0.454. The quantitative estimate of drug-likeness (QED) is 0.761. The van der Waals surface area contributed by atoms with Gasteiger partial charge in [-0.25, -0.2) is 0 Å². The molecule has 1 aliphatic rings. The number of nitrogens with zero attached hydrogens (tertiary/aromatic N) is 1. The van der Waals surface area contributed by atoms with Crippen LogP contribution >= 0.6 is 11.3 Å². The van der Waals surface area contributed by atoms with Gasteiger partial charge in [-0.05, 0) is 19.8 Å². The molecule has 2 N–H and O–H groups in total. The molecular weight excluding hydrogens is 208 g/mol. The predicted molar refractivity (Wildman–Crippen MR) is 63.6 cm³/mol. The maximum atomic E-state index is 9.38. The molecule has 0 bridgehead atoms. The standard InChI is InChI=1S/C11H18N2OS/c1-8-10(14)13-11(15-8)12-9-6-4-2-3-5-7-9/h9,14H,2-7H2,1H3,(H,12,13). The molecule has 0 saturated heterocycles. The third-order valence-electron chi connectivity index (χ3n) is 2.95. The molecule has 1 heterocycles. The Kier molecular flexibility index (Phi) is 3.46. The highest BCUT2D eigenvalue weighted by Crippen LogP contribution is 2.29. The van der Waals surface area contributed by atoms with Crippen LogP contribution in [0.4, 0.5) is 5.13 Å². The van der Waals surface area contributed by atoms with Crippen LogP contribution in [0.1, 0.15) is 43.4 Å². The van der Waals surface area contributed by atoms with E-state index in [4.69, 9.17) is 0 Å². The summed E-state index contributed by atoms with van der Waals surface area (Å²) in [5.74, 6) is 0.177. The Morgan fingerprint density at radius 1 is 1.27 bits per heavy atom. The molecule has 2 rings (SSSR count). The second-order valence-electron chi connectivity index (χ2n) is 4.23. The minimum absolute atomic E-state index is 0.177. The highest BCUT2D eigenvalue weighted by Gasteiger charge is 2.14. The molecule has 15 heavy (non-hydrogen) atoms. The summed E-state index contributed by atoms with van der Waals surface area (Å²) >= 11 is 1.54. The Labute approximate surface area is 94.5 Å². The lowest BCUT2D eigenvalue weighted by Crippen LogP contribution is -2.17. The number of anilines is 1. The summed E-state index contributed by atoms with van der Waals surface area (Å²) in [7, 11) is 0. The minimum Gasteiger partial charge on any atom is -0.492 e. The monoisotopic (exact) mass is 226 g/mol. The zero-order valence-corrected chi connectivity index (χ0v) is 9.94. The number of hydrogen-bond acceptors (Lipinski definition) is 4. The second-order valence-corrected chi connectivity index (χ2v) is 5.43. The molecule has 0 atom stereocenters. The van der Waals surface area contributed by atoms with Crippen LogP contribution in [0.2, 0.25) is 0 Å². The lowest BCUT2D eigenvalue weighted by Gasteiger charge is -2.14. The number of aromatic nitrogens is 1. The molecule has 1 aromatic rings. The summed E-state index contributed by atoms with van der Waals surface area (Å²) in [6.45, 7) is 1.89. The van der Waals surface area contributed by atoms with Crippen molar-refractivity contribution in [3.63, 3.8) is 0 Å². The molecule has 0 amide bonds. The summed E-state index contributed by atoms with van der Waals surface area (Å²) in [4.78, 5) is 4.99. The third kappa shape index (κ3) is 2.84. The van der Waals surface area contributed by atoms with Crippen molar-refractivity contribution < 1.29 is 5.11 Å². The maximum absolute atomic E-state index is 9.38. The van der Waals surface area contributed by atoms with E-state index in [0.29, 0.717) is 6.04 Å². The van der Waals surface area contributed by atoms with Gasteiger partial charge in [0.15, 0.2) is 5.13 Å². The number of aryl methyl sites for hydroxylation is 1. The summed E-state index contributed by atoms with van der Waals surface area (Å²) in [5.41, 5.74) is 0. The molecule has 0 spiro atoms. The van der Waals surface area contributed by atoms with Crippen molar-refractivity contribution in [2.24, 2.45) is 0 Å². The van der Waals surface area contributed by atoms with Crippen LogP contribution in [0, 0.1) is 6.92 Å². The molecule has 1 aliphatic carbocycles. The van der Waals surface area contributed by atoms with Gasteiger partial charge in [-0.1, -0.05) is 37.0 Å². The molecule has 0 aliphatic heterocycles. The van der Waals surface area contributed by atoms with E-state index in [1.807, 2.05) is 6.92 Å². The Balaban J connectivity index is 1.95. The zero-order valence-electron chi connectivity index (χ0n) is 9.12. The summed E-state index contributed by atoms with van der Waals surface area (Å²) in [5, 5.41) is 13.7. The van der Waals surface area contributed by atoms with E-state index in [-0.39, 0.29) is 5.88 Å². The first kappa shape index (κ1) is 10.7. The highest BCUT2D eigenvalue weighted by molar-refractivity contribution is 7.15. The molecule has 0 radical (unpaired) electrons. The minimum atomic E-state index is 0.177. The Morgan fingerprint density at radius 3 is 2.47 bits per heavy atom. The van der Waals surface area contributed by atoms with Crippen molar-refractivity contribution in [3.05, 3.63) is 4.88 Å². The van der Waals surface area contributed by atoms with Gasteiger partial charge in [0.25, 0.3) is 0 Å². The third-order valence-corrected chi connectivity index (χ3v) is 3.85. The fourth-order valence-corrected chi connectivity index (χ4v) is 2.83. The van der Waals surface area contributed by atoms with Crippen molar-refractivity contribution in [2.45, 2.75) is 51.5 Å². The van der Waals surface area contributed by atoms with Gasteiger partial charge in [-0.3, -0.25) is 0 Å². The van der Waals surface area contributed by atoms with Crippen molar-refractivity contribution >= 4 is 16.5 Å². The summed E-state index contributed by atoms with van der Waals surface area (Å²) in [6.07, 6.45) is 7.82. The number of rotatable bonds is 2. The molecule has 84 valence electrons. The van der Waals surface area contributed by atoms with E-state index in [9.17, 15) is 5.11 Å². The van der Waals surface area contributed by atoms with Gasteiger partial charge < -0.3 is 10.4 Å². The van der Waals surface area contributed by atoms with E-state index in [0.717, 1.165) is 10.0 Å². The Morgan fingerprint density at radius 2 is 1.93 bits per heavy atom. The van der Waals surface area contributed by atoms with E-state index < -0.39 is 0 Å². The van der Waals surface area contributed by atoms with Gasteiger partial charge in [0.05, 0.1) is 4.88 Å². The van der Waals surface area contributed by atoms with Crippen molar-refractivity contribution in [1.29, 1.82) is 0 Å². The van der Waals surface area contributed by atoms with Crippen molar-refractivity contribution in [1.82, 2.24) is 4.98 Å². The molecule has 3 nitrogen and oxygen atoms in total. The van der Waals surface area contributed by atoms with Crippen LogP contribution in [0.15, 0.2) is 0 Å². The smallest absolute Gasteiger partial charge is 0.226 e. The normalized spacial score (nSPS) is 18.7.